The standard InChI is InChI=1S/C58H50N2O17/c1-35(61)59-58-49(77-55(67)42-31-19-8-20-32-42)46(44(72-57(58)70-36(2)60-58)34-69-51(63)38-23-11-4-12-24-38)76-56-48(75-54(66)41-29-17-7-18-30-41)47(74-53(65)40-27-15-6-16-28-40)45(73-52(64)39-25-13-5-14-26-39)43(71-56)33-68-50(62)37-21-9-3-10-22-37/h3-32,43-49,56-57H,33-34H2,1-2H3,(H,59,61)/t43-,44-,45+,46-,47+,48-,49+,56+,57+,58+/m1/s1. The number of benzene rings is 6. The summed E-state index contributed by atoms with van der Waals surface area (Å²) in [5, 5.41) is 2.74. The molecule has 3 aliphatic rings. The summed E-state index contributed by atoms with van der Waals surface area (Å²) in [6.45, 7) is 1.27. The summed E-state index contributed by atoms with van der Waals surface area (Å²) in [7, 11) is 0. The Bertz CT molecular complexity index is 3080. The summed E-state index contributed by atoms with van der Waals surface area (Å²) in [5.41, 5.74) is -1.70. The lowest BCUT2D eigenvalue weighted by atomic mass is 9.90. The van der Waals surface area contributed by atoms with Gasteiger partial charge >= 0.3 is 35.8 Å². The number of ether oxygens (including phenoxy) is 10. The number of carbonyl (C=O) groups excluding carboxylic acids is 7. The maximum atomic E-state index is 14.5. The van der Waals surface area contributed by atoms with E-state index in [0.29, 0.717) is 0 Å². The van der Waals surface area contributed by atoms with Gasteiger partial charge in [-0.1, -0.05) is 109 Å². The minimum atomic E-state index is -2.15. The number of esters is 6. The van der Waals surface area contributed by atoms with Crippen molar-refractivity contribution in [3.8, 4) is 0 Å². The number of fused-ring (bicyclic) bond motifs is 1. The van der Waals surface area contributed by atoms with Gasteiger partial charge in [0.15, 0.2) is 36.6 Å². The average Bonchev–Trinajstić information content (AvgIpc) is 3.83. The van der Waals surface area contributed by atoms with Crippen molar-refractivity contribution in [2.45, 2.75) is 74.8 Å². The van der Waals surface area contributed by atoms with E-state index in [-0.39, 0.29) is 39.3 Å². The van der Waals surface area contributed by atoms with Crippen LogP contribution in [0.1, 0.15) is 76.0 Å². The number of amides is 1. The lowest BCUT2D eigenvalue weighted by Gasteiger charge is -2.50. The third kappa shape index (κ3) is 12.4. The SMILES string of the molecule is CC(=O)N[C@@]12N=C(C)O[C@H]1O[C@H](COC(=O)c1ccccc1)[C@@H](O[C@@H]1O[C@H](COC(=O)c3ccccc3)[C@H](OC(=O)c3ccccc3)[C@H](OC(=O)c3ccccc3)[C@H]1OC(=O)c1ccccc1)[C@@H]2OC(=O)c1ccccc1. The first kappa shape index (κ1) is 52.8. The van der Waals surface area contributed by atoms with Crippen molar-refractivity contribution >= 4 is 47.6 Å². The van der Waals surface area contributed by atoms with Gasteiger partial charge in [-0.3, -0.25) is 4.79 Å². The molecule has 3 aliphatic heterocycles. The molecule has 0 spiro atoms. The number of carbonyl (C=O) groups is 7. The van der Waals surface area contributed by atoms with Crippen molar-refractivity contribution in [2.24, 2.45) is 4.99 Å². The monoisotopic (exact) mass is 1050 g/mol. The molecule has 0 radical (unpaired) electrons. The quantitative estimate of drug-likeness (QED) is 0.0737. The highest BCUT2D eigenvalue weighted by Crippen LogP contribution is 2.42. The molecule has 10 atom stereocenters. The summed E-state index contributed by atoms with van der Waals surface area (Å²) < 4.78 is 63.1. The molecule has 2 fully saturated rings. The summed E-state index contributed by atoms with van der Waals surface area (Å²) >= 11 is 0. The van der Waals surface area contributed by atoms with E-state index in [0.717, 1.165) is 0 Å². The van der Waals surface area contributed by atoms with E-state index in [1.807, 2.05) is 0 Å². The fraction of sp³-hybridized carbons (Fsp3) is 0.241. The first-order valence-corrected chi connectivity index (χ1v) is 24.3. The van der Waals surface area contributed by atoms with Gasteiger partial charge in [0.1, 0.15) is 31.5 Å². The molecule has 0 aromatic heterocycles. The number of hydrogen-bond acceptors (Lipinski definition) is 18. The Morgan fingerprint density at radius 2 is 0.805 bits per heavy atom. The molecule has 1 amide bonds. The molecule has 6 aromatic rings. The third-order valence-corrected chi connectivity index (χ3v) is 12.4. The van der Waals surface area contributed by atoms with Gasteiger partial charge in [-0.2, -0.15) is 0 Å². The molecule has 2 saturated heterocycles. The van der Waals surface area contributed by atoms with Crippen LogP contribution in [0, 0.1) is 0 Å². The Morgan fingerprint density at radius 3 is 1.21 bits per heavy atom. The number of aliphatic imine (C=N–C) groups is 1. The fourth-order valence-corrected chi connectivity index (χ4v) is 8.85. The largest absolute Gasteiger partial charge is 0.459 e. The van der Waals surface area contributed by atoms with Crippen LogP contribution >= 0.6 is 0 Å². The Labute approximate surface area is 440 Å². The molecule has 0 bridgehead atoms. The maximum absolute atomic E-state index is 14.5. The molecule has 0 saturated carbocycles. The number of rotatable bonds is 17. The molecule has 0 aliphatic carbocycles. The van der Waals surface area contributed by atoms with Gasteiger partial charge in [0.2, 0.25) is 17.9 Å². The van der Waals surface area contributed by atoms with E-state index >= 15 is 0 Å². The van der Waals surface area contributed by atoms with Crippen LogP contribution in [0.15, 0.2) is 187 Å². The lowest BCUT2D eigenvalue weighted by molar-refractivity contribution is -0.347. The topological polar surface area (TPSA) is 236 Å². The number of nitrogens with zero attached hydrogens (tertiary/aromatic N) is 1. The zero-order valence-electron chi connectivity index (χ0n) is 41.3. The second-order valence-corrected chi connectivity index (χ2v) is 17.7. The molecule has 77 heavy (non-hydrogen) atoms. The van der Waals surface area contributed by atoms with Gasteiger partial charge < -0.3 is 52.7 Å². The van der Waals surface area contributed by atoms with E-state index in [4.69, 9.17) is 47.4 Å². The molecule has 9 rings (SSSR count). The van der Waals surface area contributed by atoms with Gasteiger partial charge in [-0.05, 0) is 72.8 Å². The van der Waals surface area contributed by atoms with E-state index in [2.05, 4.69) is 10.3 Å². The number of hydrogen-bond donors (Lipinski definition) is 1. The van der Waals surface area contributed by atoms with Crippen molar-refractivity contribution in [1.82, 2.24) is 5.32 Å². The Kier molecular flexibility index (Phi) is 16.5. The first-order valence-electron chi connectivity index (χ1n) is 24.3. The van der Waals surface area contributed by atoms with Crippen LogP contribution in [-0.2, 0) is 52.2 Å². The van der Waals surface area contributed by atoms with Gasteiger partial charge in [0, 0.05) is 13.8 Å². The van der Waals surface area contributed by atoms with Crippen LogP contribution in [-0.4, -0.2) is 122 Å². The summed E-state index contributed by atoms with van der Waals surface area (Å²) in [6.07, 6.45) is -16.0. The smallest absolute Gasteiger partial charge is 0.338 e. The van der Waals surface area contributed by atoms with Crippen LogP contribution in [0.5, 0.6) is 0 Å². The van der Waals surface area contributed by atoms with Crippen LogP contribution in [0.4, 0.5) is 0 Å². The zero-order valence-corrected chi connectivity index (χ0v) is 41.3. The number of nitrogens with one attached hydrogen (secondary N) is 1. The molecular formula is C58H50N2O17. The molecule has 0 unspecified atom stereocenters. The van der Waals surface area contributed by atoms with Crippen molar-refractivity contribution in [3.05, 3.63) is 215 Å². The van der Waals surface area contributed by atoms with E-state index in [1.165, 1.54) is 86.6 Å². The molecule has 394 valence electrons. The second-order valence-electron chi connectivity index (χ2n) is 17.7. The fourth-order valence-electron chi connectivity index (χ4n) is 8.85. The molecule has 19 heteroatoms. The lowest BCUT2D eigenvalue weighted by Crippen LogP contribution is -2.73. The Hall–Kier alpha value is -9.04. The molecule has 1 N–H and O–H groups in total. The Morgan fingerprint density at radius 1 is 0.455 bits per heavy atom. The van der Waals surface area contributed by atoms with Crippen LogP contribution < -0.4 is 5.32 Å². The summed E-state index contributed by atoms with van der Waals surface area (Å²) in [6, 6.07) is 47.0. The minimum absolute atomic E-state index is 0.0119. The van der Waals surface area contributed by atoms with Gasteiger partial charge in [-0.15, -0.1) is 0 Å². The molecule has 6 aromatic carbocycles. The maximum Gasteiger partial charge on any atom is 0.338 e. The van der Waals surface area contributed by atoms with Crippen LogP contribution in [0.25, 0.3) is 0 Å². The van der Waals surface area contributed by atoms with Gasteiger partial charge in [0.05, 0.1) is 33.4 Å². The molecule has 19 nitrogen and oxygen atoms in total. The summed E-state index contributed by atoms with van der Waals surface area (Å²) in [4.78, 5) is 103. The predicted molar refractivity (Wildman–Crippen MR) is 269 cm³/mol. The van der Waals surface area contributed by atoms with Crippen molar-refractivity contribution in [3.63, 3.8) is 0 Å². The minimum Gasteiger partial charge on any atom is -0.459 e. The van der Waals surface area contributed by atoms with E-state index in [1.54, 1.807) is 109 Å². The van der Waals surface area contributed by atoms with Gasteiger partial charge in [0.25, 0.3) is 0 Å². The highest BCUT2D eigenvalue weighted by atomic mass is 16.8. The normalized spacial score (nSPS) is 24.2. The van der Waals surface area contributed by atoms with Gasteiger partial charge in [-0.25, -0.2) is 33.8 Å². The molecule has 3 heterocycles. The van der Waals surface area contributed by atoms with Crippen molar-refractivity contribution < 1.29 is 80.9 Å². The third-order valence-electron chi connectivity index (χ3n) is 12.4. The van der Waals surface area contributed by atoms with E-state index < -0.39 is 116 Å². The van der Waals surface area contributed by atoms with Crippen LogP contribution in [0.3, 0.4) is 0 Å². The molecular weight excluding hydrogens is 997 g/mol. The predicted octanol–water partition coefficient (Wildman–Crippen LogP) is 6.72. The Balaban J connectivity index is 1.20. The van der Waals surface area contributed by atoms with Crippen molar-refractivity contribution in [1.29, 1.82) is 0 Å². The summed E-state index contributed by atoms with van der Waals surface area (Å²) in [5.74, 6) is -6.22. The second kappa shape index (κ2) is 24.1. The highest BCUT2D eigenvalue weighted by molar-refractivity contribution is 5.92. The first-order chi connectivity index (χ1) is 37.4. The zero-order chi connectivity index (χ0) is 53.9. The van der Waals surface area contributed by atoms with E-state index in [9.17, 15) is 33.6 Å². The van der Waals surface area contributed by atoms with Crippen molar-refractivity contribution in [2.75, 3.05) is 13.2 Å². The van der Waals surface area contributed by atoms with Crippen LogP contribution in [0.2, 0.25) is 0 Å². The average molecular weight is 1050 g/mol. The highest BCUT2D eigenvalue weighted by Gasteiger charge is 2.66.